The molecule has 1 aromatic rings. The maximum Gasteiger partial charge on any atom is 0.341 e. The molecule has 0 fully saturated rings. The normalized spacial score (nSPS) is 10.1. The first-order chi connectivity index (χ1) is 9.04. The number of benzene rings is 1. The van der Waals surface area contributed by atoms with Crippen molar-refractivity contribution in [2.24, 2.45) is 0 Å². The molecule has 0 aromatic heterocycles. The van der Waals surface area contributed by atoms with Crippen molar-refractivity contribution < 1.29 is 23.5 Å². The van der Waals surface area contributed by atoms with Gasteiger partial charge in [-0.3, -0.25) is 4.79 Å². The Morgan fingerprint density at radius 2 is 2.16 bits per heavy atom. The zero-order valence-electron chi connectivity index (χ0n) is 10.2. The van der Waals surface area contributed by atoms with Gasteiger partial charge in [0.1, 0.15) is 5.82 Å². The Bertz CT molecular complexity index is 467. The number of methoxy groups -OCH3 is 1. The highest BCUT2D eigenvalue weighted by Crippen LogP contribution is 2.15. The molecular formula is C12H13ClFNO4. The highest BCUT2D eigenvalue weighted by molar-refractivity contribution is 6.30. The van der Waals surface area contributed by atoms with Gasteiger partial charge in [0.25, 0.3) is 5.91 Å². The summed E-state index contributed by atoms with van der Waals surface area (Å²) in [6.07, 6.45) is 0. The van der Waals surface area contributed by atoms with Crippen LogP contribution in [0.4, 0.5) is 4.39 Å². The van der Waals surface area contributed by atoms with Gasteiger partial charge in [-0.2, -0.15) is 0 Å². The molecule has 5 nitrogen and oxygen atoms in total. The van der Waals surface area contributed by atoms with Crippen molar-refractivity contribution in [3.8, 4) is 0 Å². The Hall–Kier alpha value is -1.66. The van der Waals surface area contributed by atoms with Crippen LogP contribution in [0.3, 0.4) is 0 Å². The molecule has 0 saturated carbocycles. The minimum absolute atomic E-state index is 0.206. The fourth-order valence-corrected chi connectivity index (χ4v) is 1.38. The van der Waals surface area contributed by atoms with Crippen LogP contribution in [0.1, 0.15) is 10.4 Å². The predicted molar refractivity (Wildman–Crippen MR) is 66.6 cm³/mol. The summed E-state index contributed by atoms with van der Waals surface area (Å²) in [6.45, 7) is 0.162. The quantitative estimate of drug-likeness (QED) is 0.635. The van der Waals surface area contributed by atoms with Gasteiger partial charge in [-0.25, -0.2) is 9.18 Å². The number of nitrogens with one attached hydrogen (secondary N) is 1. The number of amides is 1. The highest BCUT2D eigenvalue weighted by atomic mass is 35.5. The van der Waals surface area contributed by atoms with Crippen LogP contribution in [0.2, 0.25) is 5.02 Å². The summed E-state index contributed by atoms with van der Waals surface area (Å²) in [7, 11) is 1.49. The minimum atomic E-state index is -0.943. The van der Waals surface area contributed by atoms with Crippen LogP contribution in [-0.2, 0) is 14.3 Å². The zero-order valence-corrected chi connectivity index (χ0v) is 11.0. The van der Waals surface area contributed by atoms with E-state index in [-0.39, 0.29) is 10.6 Å². The van der Waals surface area contributed by atoms with E-state index >= 15 is 0 Å². The topological polar surface area (TPSA) is 64.6 Å². The zero-order chi connectivity index (χ0) is 14.3. The van der Waals surface area contributed by atoms with E-state index in [1.165, 1.54) is 13.2 Å². The molecule has 7 heteroatoms. The Kier molecular flexibility index (Phi) is 6.24. The Morgan fingerprint density at radius 1 is 1.42 bits per heavy atom. The van der Waals surface area contributed by atoms with E-state index < -0.39 is 24.3 Å². The summed E-state index contributed by atoms with van der Waals surface area (Å²) in [5, 5.41) is 2.66. The molecule has 0 aliphatic carbocycles. The fourth-order valence-electron chi connectivity index (χ4n) is 1.21. The van der Waals surface area contributed by atoms with Crippen molar-refractivity contribution in [3.63, 3.8) is 0 Å². The van der Waals surface area contributed by atoms with E-state index in [9.17, 15) is 14.0 Å². The first-order valence-electron chi connectivity index (χ1n) is 5.42. The molecule has 0 heterocycles. The van der Waals surface area contributed by atoms with Crippen LogP contribution in [-0.4, -0.2) is 38.7 Å². The molecule has 0 aliphatic heterocycles. The number of hydrogen-bond acceptors (Lipinski definition) is 4. The molecule has 0 unspecified atom stereocenters. The third-order valence-electron chi connectivity index (χ3n) is 2.11. The lowest BCUT2D eigenvalue weighted by Gasteiger charge is -2.07. The Labute approximate surface area is 114 Å². The summed E-state index contributed by atoms with van der Waals surface area (Å²) in [6, 6.07) is 3.50. The van der Waals surface area contributed by atoms with Gasteiger partial charge in [0, 0.05) is 18.7 Å². The maximum atomic E-state index is 13.3. The van der Waals surface area contributed by atoms with Crippen LogP contribution in [0.5, 0.6) is 0 Å². The number of esters is 1. The largest absolute Gasteiger partial charge is 0.452 e. The van der Waals surface area contributed by atoms with Gasteiger partial charge in [-0.05, 0) is 18.2 Å². The van der Waals surface area contributed by atoms with E-state index in [0.29, 0.717) is 13.2 Å². The van der Waals surface area contributed by atoms with Crippen LogP contribution in [0, 0.1) is 5.82 Å². The summed E-state index contributed by atoms with van der Waals surface area (Å²) in [5.41, 5.74) is -0.308. The summed E-state index contributed by atoms with van der Waals surface area (Å²) >= 11 is 5.64. The van der Waals surface area contributed by atoms with Crippen molar-refractivity contribution in [2.45, 2.75) is 0 Å². The molecule has 0 saturated heterocycles. The first-order valence-corrected chi connectivity index (χ1v) is 5.80. The molecule has 1 N–H and O–H groups in total. The second kappa shape index (κ2) is 7.70. The van der Waals surface area contributed by atoms with Gasteiger partial charge in [0.2, 0.25) is 0 Å². The molecule has 104 valence electrons. The van der Waals surface area contributed by atoms with Crippen molar-refractivity contribution in [2.75, 3.05) is 26.9 Å². The van der Waals surface area contributed by atoms with Gasteiger partial charge in [-0.15, -0.1) is 0 Å². The number of hydrogen-bond donors (Lipinski definition) is 1. The summed E-state index contributed by atoms with van der Waals surface area (Å²) in [4.78, 5) is 22.8. The molecule has 0 spiro atoms. The van der Waals surface area contributed by atoms with Crippen molar-refractivity contribution >= 4 is 23.5 Å². The lowest BCUT2D eigenvalue weighted by molar-refractivity contribution is -0.124. The molecule has 0 atom stereocenters. The smallest absolute Gasteiger partial charge is 0.341 e. The fraction of sp³-hybridized carbons (Fsp3) is 0.333. The second-order valence-corrected chi connectivity index (χ2v) is 3.98. The van der Waals surface area contributed by atoms with E-state index in [4.69, 9.17) is 16.3 Å². The van der Waals surface area contributed by atoms with Crippen molar-refractivity contribution in [1.82, 2.24) is 5.32 Å². The van der Waals surface area contributed by atoms with Crippen LogP contribution >= 0.6 is 11.6 Å². The van der Waals surface area contributed by atoms with Gasteiger partial charge in [0.05, 0.1) is 12.2 Å². The summed E-state index contributed by atoms with van der Waals surface area (Å²) < 4.78 is 22.7. The molecule has 0 bridgehead atoms. The first kappa shape index (κ1) is 15.4. The SMILES string of the molecule is COCCNC(=O)COC(=O)c1cc(Cl)ccc1F. The molecule has 1 rings (SSSR count). The molecule has 0 aliphatic rings. The number of carbonyl (C=O) groups is 2. The minimum Gasteiger partial charge on any atom is -0.452 e. The van der Waals surface area contributed by atoms with Crippen LogP contribution in [0.25, 0.3) is 0 Å². The number of ether oxygens (including phenoxy) is 2. The van der Waals surface area contributed by atoms with Gasteiger partial charge >= 0.3 is 5.97 Å². The molecule has 0 radical (unpaired) electrons. The molecular weight excluding hydrogens is 277 g/mol. The van der Waals surface area contributed by atoms with E-state index in [0.717, 1.165) is 12.1 Å². The number of halogens is 2. The lowest BCUT2D eigenvalue weighted by atomic mass is 10.2. The van der Waals surface area contributed by atoms with E-state index in [1.807, 2.05) is 0 Å². The van der Waals surface area contributed by atoms with Gasteiger partial charge in [0.15, 0.2) is 6.61 Å². The van der Waals surface area contributed by atoms with Gasteiger partial charge < -0.3 is 14.8 Å². The average molecular weight is 290 g/mol. The maximum absolute atomic E-state index is 13.3. The molecule has 1 amide bonds. The third kappa shape index (κ3) is 5.23. The lowest BCUT2D eigenvalue weighted by Crippen LogP contribution is -2.31. The third-order valence-corrected chi connectivity index (χ3v) is 2.35. The summed E-state index contributed by atoms with van der Waals surface area (Å²) in [5.74, 6) is -2.19. The number of carbonyl (C=O) groups excluding carboxylic acids is 2. The molecule has 1 aromatic carbocycles. The number of rotatable bonds is 6. The van der Waals surface area contributed by atoms with Crippen LogP contribution in [0.15, 0.2) is 18.2 Å². The standard InChI is InChI=1S/C12H13ClFNO4/c1-18-5-4-15-11(16)7-19-12(17)9-6-8(13)2-3-10(9)14/h2-3,6H,4-5,7H2,1H3,(H,15,16). The predicted octanol–water partition coefficient (Wildman–Crippen LogP) is 1.40. The second-order valence-electron chi connectivity index (χ2n) is 3.54. The van der Waals surface area contributed by atoms with Crippen molar-refractivity contribution in [1.29, 1.82) is 0 Å². The average Bonchev–Trinajstić information content (AvgIpc) is 2.39. The molecule has 19 heavy (non-hydrogen) atoms. The highest BCUT2D eigenvalue weighted by Gasteiger charge is 2.15. The Balaban J connectivity index is 2.47. The van der Waals surface area contributed by atoms with E-state index in [1.54, 1.807) is 0 Å². The van der Waals surface area contributed by atoms with Crippen LogP contribution < -0.4 is 5.32 Å². The van der Waals surface area contributed by atoms with Gasteiger partial charge in [-0.1, -0.05) is 11.6 Å². The monoisotopic (exact) mass is 289 g/mol. The van der Waals surface area contributed by atoms with Crippen molar-refractivity contribution in [3.05, 3.63) is 34.6 Å². The Morgan fingerprint density at radius 3 is 2.84 bits per heavy atom. The van der Waals surface area contributed by atoms with E-state index in [2.05, 4.69) is 10.1 Å².